The average molecular weight is 448 g/mol. The number of carbonyl (C=O) groups excluding carboxylic acids is 3. The molecule has 1 aromatic rings. The molecule has 0 aromatic heterocycles. The van der Waals surface area contributed by atoms with E-state index in [-0.39, 0.29) is 11.8 Å². The van der Waals surface area contributed by atoms with E-state index in [1.165, 1.54) is 0 Å². The molecule has 1 aromatic carbocycles. The first-order valence-electron chi connectivity index (χ1n) is 11.6. The van der Waals surface area contributed by atoms with E-state index in [0.29, 0.717) is 19.5 Å². The Morgan fingerprint density at radius 3 is 2.34 bits per heavy atom. The van der Waals surface area contributed by atoms with E-state index in [0.717, 1.165) is 30.4 Å². The summed E-state index contributed by atoms with van der Waals surface area (Å²) in [5.74, 6) is -0.536. The Bertz CT molecular complexity index is 758. The van der Waals surface area contributed by atoms with Crippen LogP contribution in [-0.2, 0) is 14.3 Å². The van der Waals surface area contributed by atoms with Gasteiger partial charge in [0.15, 0.2) is 0 Å². The first-order chi connectivity index (χ1) is 15.0. The van der Waals surface area contributed by atoms with Gasteiger partial charge < -0.3 is 20.3 Å². The summed E-state index contributed by atoms with van der Waals surface area (Å²) in [4.78, 5) is 40.4. The molecule has 0 spiro atoms. The molecular weight excluding hydrogens is 406 g/mol. The van der Waals surface area contributed by atoms with Gasteiger partial charge in [0.1, 0.15) is 17.7 Å². The minimum atomic E-state index is -0.836. The van der Waals surface area contributed by atoms with Gasteiger partial charge in [0.25, 0.3) is 0 Å². The Morgan fingerprint density at radius 1 is 1.09 bits per heavy atom. The maximum absolute atomic E-state index is 13.4. The van der Waals surface area contributed by atoms with Gasteiger partial charge in [0.2, 0.25) is 11.8 Å². The number of unbranched alkanes of at least 4 members (excludes halogenated alkanes) is 2. The number of benzene rings is 1. The summed E-state index contributed by atoms with van der Waals surface area (Å²) in [5.41, 5.74) is 1.10. The molecule has 7 heteroatoms. The van der Waals surface area contributed by atoms with Crippen LogP contribution in [0, 0.1) is 6.92 Å². The SMILES string of the molecule is CCCCCNC(=O)C(c1cccc(C)c1)N(CCC)C(=O)C(C)NC(=O)OC(C)(C)C. The van der Waals surface area contributed by atoms with Crippen LogP contribution in [0.4, 0.5) is 4.79 Å². The summed E-state index contributed by atoms with van der Waals surface area (Å²) < 4.78 is 5.28. The summed E-state index contributed by atoms with van der Waals surface area (Å²) in [6, 6.07) is 6.03. The lowest BCUT2D eigenvalue weighted by Crippen LogP contribution is -2.52. The number of hydrogen-bond acceptors (Lipinski definition) is 4. The Kier molecular flexibility index (Phi) is 11.2. The lowest BCUT2D eigenvalue weighted by molar-refractivity contribution is -0.142. The summed E-state index contributed by atoms with van der Waals surface area (Å²) in [5, 5.41) is 5.60. The van der Waals surface area contributed by atoms with Crippen molar-refractivity contribution in [1.82, 2.24) is 15.5 Å². The molecule has 2 atom stereocenters. The van der Waals surface area contributed by atoms with E-state index >= 15 is 0 Å². The summed E-state index contributed by atoms with van der Waals surface area (Å²) >= 11 is 0. The van der Waals surface area contributed by atoms with Crippen molar-refractivity contribution in [2.45, 2.75) is 91.8 Å². The van der Waals surface area contributed by atoms with Crippen molar-refractivity contribution >= 4 is 17.9 Å². The van der Waals surface area contributed by atoms with Gasteiger partial charge in [0, 0.05) is 13.1 Å². The van der Waals surface area contributed by atoms with Gasteiger partial charge >= 0.3 is 6.09 Å². The molecule has 2 unspecified atom stereocenters. The van der Waals surface area contributed by atoms with Crippen molar-refractivity contribution in [2.24, 2.45) is 0 Å². The highest BCUT2D eigenvalue weighted by atomic mass is 16.6. The third-order valence-corrected chi connectivity index (χ3v) is 4.85. The maximum Gasteiger partial charge on any atom is 0.408 e. The normalized spacial score (nSPS) is 13.1. The van der Waals surface area contributed by atoms with Crippen LogP contribution in [0.2, 0.25) is 0 Å². The fourth-order valence-corrected chi connectivity index (χ4v) is 3.40. The second-order valence-corrected chi connectivity index (χ2v) is 9.21. The number of amides is 3. The monoisotopic (exact) mass is 447 g/mol. The molecule has 2 N–H and O–H groups in total. The van der Waals surface area contributed by atoms with Gasteiger partial charge in [-0.25, -0.2) is 4.79 Å². The maximum atomic E-state index is 13.4. The molecule has 7 nitrogen and oxygen atoms in total. The quantitative estimate of drug-likeness (QED) is 0.489. The van der Waals surface area contributed by atoms with Gasteiger partial charge in [-0.3, -0.25) is 9.59 Å². The number of rotatable bonds is 11. The second-order valence-electron chi connectivity index (χ2n) is 9.21. The van der Waals surface area contributed by atoms with Crippen LogP contribution in [0.25, 0.3) is 0 Å². The van der Waals surface area contributed by atoms with E-state index in [9.17, 15) is 14.4 Å². The molecule has 0 fully saturated rings. The number of hydrogen-bond donors (Lipinski definition) is 2. The third kappa shape index (κ3) is 9.28. The predicted octanol–water partition coefficient (Wildman–Crippen LogP) is 4.49. The number of carbonyl (C=O) groups is 3. The summed E-state index contributed by atoms with van der Waals surface area (Å²) in [6.45, 7) is 13.9. The highest BCUT2D eigenvalue weighted by molar-refractivity contribution is 5.92. The Hall–Kier alpha value is -2.57. The van der Waals surface area contributed by atoms with Crippen LogP contribution in [0.5, 0.6) is 0 Å². The van der Waals surface area contributed by atoms with Crippen LogP contribution in [0.15, 0.2) is 24.3 Å². The van der Waals surface area contributed by atoms with Crippen LogP contribution in [-0.4, -0.2) is 47.5 Å². The molecule has 0 aliphatic rings. The van der Waals surface area contributed by atoms with E-state index < -0.39 is 23.8 Å². The molecule has 0 saturated carbocycles. The number of nitrogens with one attached hydrogen (secondary N) is 2. The largest absolute Gasteiger partial charge is 0.444 e. The van der Waals surface area contributed by atoms with Crippen molar-refractivity contribution in [3.63, 3.8) is 0 Å². The topological polar surface area (TPSA) is 87.7 Å². The molecule has 0 heterocycles. The minimum Gasteiger partial charge on any atom is -0.444 e. The smallest absolute Gasteiger partial charge is 0.408 e. The Labute approximate surface area is 193 Å². The molecule has 1 rings (SSSR count). The Balaban J connectivity index is 3.15. The molecule has 32 heavy (non-hydrogen) atoms. The molecule has 180 valence electrons. The highest BCUT2D eigenvalue weighted by Gasteiger charge is 2.34. The zero-order valence-corrected chi connectivity index (χ0v) is 20.8. The van der Waals surface area contributed by atoms with Gasteiger partial charge in [-0.1, -0.05) is 56.5 Å². The van der Waals surface area contributed by atoms with Crippen LogP contribution in [0.1, 0.15) is 84.4 Å². The molecule has 0 aliphatic heterocycles. The minimum absolute atomic E-state index is 0.210. The summed E-state index contributed by atoms with van der Waals surface area (Å²) in [6.07, 6.45) is 3.00. The van der Waals surface area contributed by atoms with Gasteiger partial charge in [0.05, 0.1) is 0 Å². The van der Waals surface area contributed by atoms with Crippen molar-refractivity contribution < 1.29 is 19.1 Å². The lowest BCUT2D eigenvalue weighted by atomic mass is 10.0. The van der Waals surface area contributed by atoms with Gasteiger partial charge in [-0.05, 0) is 53.0 Å². The van der Waals surface area contributed by atoms with E-state index in [1.54, 1.807) is 32.6 Å². The van der Waals surface area contributed by atoms with Crippen molar-refractivity contribution in [3.05, 3.63) is 35.4 Å². The zero-order valence-electron chi connectivity index (χ0n) is 20.8. The highest BCUT2D eigenvalue weighted by Crippen LogP contribution is 2.24. The number of aryl methyl sites for hydroxylation is 1. The average Bonchev–Trinajstić information content (AvgIpc) is 2.69. The lowest BCUT2D eigenvalue weighted by Gasteiger charge is -2.33. The zero-order chi connectivity index (χ0) is 24.3. The molecular formula is C25H41N3O4. The third-order valence-electron chi connectivity index (χ3n) is 4.85. The van der Waals surface area contributed by atoms with E-state index in [4.69, 9.17) is 4.74 Å². The second kappa shape index (κ2) is 13.1. The molecule has 0 aliphatic carbocycles. The number of ether oxygens (including phenoxy) is 1. The Morgan fingerprint density at radius 2 is 1.78 bits per heavy atom. The first-order valence-corrected chi connectivity index (χ1v) is 11.6. The molecule has 0 saturated heterocycles. The molecule has 0 bridgehead atoms. The first kappa shape index (κ1) is 27.5. The summed E-state index contributed by atoms with van der Waals surface area (Å²) in [7, 11) is 0. The number of alkyl carbamates (subject to hydrolysis) is 1. The van der Waals surface area contributed by atoms with Crippen LogP contribution >= 0.6 is 0 Å². The van der Waals surface area contributed by atoms with E-state index in [1.807, 2.05) is 38.1 Å². The van der Waals surface area contributed by atoms with Crippen LogP contribution < -0.4 is 10.6 Å². The predicted molar refractivity (Wildman–Crippen MR) is 127 cm³/mol. The van der Waals surface area contributed by atoms with E-state index in [2.05, 4.69) is 17.6 Å². The molecule has 0 radical (unpaired) electrons. The standard InChI is InChI=1S/C25H41N3O4/c1-8-10-11-15-26-22(29)21(20-14-12-13-18(3)17-20)28(16-9-2)23(30)19(4)27-24(31)32-25(5,6)7/h12-14,17,19,21H,8-11,15-16H2,1-7H3,(H,26,29)(H,27,31). The number of nitrogens with zero attached hydrogens (tertiary/aromatic N) is 1. The fourth-order valence-electron chi connectivity index (χ4n) is 3.40. The van der Waals surface area contributed by atoms with Gasteiger partial charge in [-0.2, -0.15) is 0 Å². The fraction of sp³-hybridized carbons (Fsp3) is 0.640. The van der Waals surface area contributed by atoms with Crippen molar-refractivity contribution in [3.8, 4) is 0 Å². The van der Waals surface area contributed by atoms with Gasteiger partial charge in [-0.15, -0.1) is 0 Å². The molecule has 3 amide bonds. The van der Waals surface area contributed by atoms with Crippen LogP contribution in [0.3, 0.4) is 0 Å². The van der Waals surface area contributed by atoms with Crippen molar-refractivity contribution in [2.75, 3.05) is 13.1 Å². The van der Waals surface area contributed by atoms with Crippen molar-refractivity contribution in [1.29, 1.82) is 0 Å².